The predicted octanol–water partition coefficient (Wildman–Crippen LogP) is 11.5. The first-order valence-electron chi connectivity index (χ1n) is 16.1. The zero-order chi connectivity index (χ0) is 26.7. The van der Waals surface area contributed by atoms with Gasteiger partial charge in [0, 0.05) is 5.57 Å². The highest BCUT2D eigenvalue weighted by atomic mass is 16.5. The number of carbonyl (C=O) groups is 1. The Kier molecular flexibility index (Phi) is 23.6. The maximum atomic E-state index is 11.6. The van der Waals surface area contributed by atoms with E-state index in [2.05, 4.69) is 43.4 Å². The van der Waals surface area contributed by atoms with E-state index in [-0.39, 0.29) is 12.1 Å². The van der Waals surface area contributed by atoms with Crippen LogP contribution in [0.25, 0.3) is 0 Å². The van der Waals surface area contributed by atoms with Crippen LogP contribution in [-0.2, 0) is 9.53 Å². The average Bonchev–Trinajstić information content (AvgIpc) is 3.22. The van der Waals surface area contributed by atoms with Gasteiger partial charge in [-0.2, -0.15) is 0 Å². The molecular formula is C35H60O2. The Morgan fingerprint density at radius 1 is 0.568 bits per heavy atom. The van der Waals surface area contributed by atoms with Crippen LogP contribution < -0.4 is 0 Å². The Hall–Kier alpha value is -1.57. The fraction of sp³-hybridized carbons (Fsp3) is 0.743. The molecule has 0 fully saturated rings. The zero-order valence-corrected chi connectivity index (χ0v) is 24.7. The molecule has 0 aliphatic carbocycles. The lowest BCUT2D eigenvalue weighted by Gasteiger charge is -2.02. The normalized spacial score (nSPS) is 16.0. The predicted molar refractivity (Wildman–Crippen MR) is 163 cm³/mol. The van der Waals surface area contributed by atoms with E-state index in [1.807, 2.05) is 13.0 Å². The smallest absolute Gasteiger partial charge is 0.334 e. The van der Waals surface area contributed by atoms with Crippen LogP contribution in [0, 0.1) is 0 Å². The first kappa shape index (κ1) is 33.5. The second-order valence-electron chi connectivity index (χ2n) is 11.0. The van der Waals surface area contributed by atoms with Gasteiger partial charge in [-0.3, -0.25) is 0 Å². The van der Waals surface area contributed by atoms with Gasteiger partial charge in [0.2, 0.25) is 0 Å². The van der Waals surface area contributed by atoms with Crippen molar-refractivity contribution in [2.75, 3.05) is 0 Å². The lowest BCUT2D eigenvalue weighted by Crippen LogP contribution is -2.03. The molecule has 2 heteroatoms. The minimum atomic E-state index is -0.0966. The summed E-state index contributed by atoms with van der Waals surface area (Å²) >= 11 is 0. The van der Waals surface area contributed by atoms with Gasteiger partial charge in [0.05, 0.1) is 0 Å². The van der Waals surface area contributed by atoms with E-state index in [9.17, 15) is 4.79 Å². The van der Waals surface area contributed by atoms with Crippen LogP contribution in [-0.4, -0.2) is 12.1 Å². The van der Waals surface area contributed by atoms with Crippen LogP contribution in [0.1, 0.15) is 162 Å². The minimum Gasteiger partial charge on any atom is -0.455 e. The molecule has 0 spiro atoms. The number of rotatable bonds is 26. The molecule has 0 saturated carbocycles. The van der Waals surface area contributed by atoms with Crippen molar-refractivity contribution in [1.29, 1.82) is 0 Å². The lowest BCUT2D eigenvalue weighted by molar-refractivity contribution is -0.139. The van der Waals surface area contributed by atoms with Crippen molar-refractivity contribution in [3.05, 3.63) is 48.1 Å². The number of allylic oxidation sites excluding steroid dienone is 6. The molecule has 0 saturated heterocycles. The third-order valence-corrected chi connectivity index (χ3v) is 7.28. The van der Waals surface area contributed by atoms with Crippen molar-refractivity contribution in [2.24, 2.45) is 0 Å². The quantitative estimate of drug-likeness (QED) is 0.0654. The summed E-state index contributed by atoms with van der Waals surface area (Å²) < 4.78 is 5.15. The third-order valence-electron chi connectivity index (χ3n) is 7.28. The van der Waals surface area contributed by atoms with Gasteiger partial charge in [0.1, 0.15) is 6.10 Å². The van der Waals surface area contributed by atoms with Crippen molar-refractivity contribution < 1.29 is 9.53 Å². The molecule has 1 heterocycles. The van der Waals surface area contributed by atoms with Crippen LogP contribution in [0.2, 0.25) is 0 Å². The number of hydrogen-bond acceptors (Lipinski definition) is 2. The summed E-state index contributed by atoms with van der Waals surface area (Å²) in [5.74, 6) is -0.0966. The molecule has 1 aliphatic heterocycles. The SMILES string of the molecule is CCCCCCCCCC/C=C\CC/C=C\CC/C=C\CCCCCCCCCCC1=C[C@H](C)OC1=O. The van der Waals surface area contributed by atoms with Gasteiger partial charge in [0.15, 0.2) is 0 Å². The van der Waals surface area contributed by atoms with E-state index in [1.165, 1.54) is 135 Å². The summed E-state index contributed by atoms with van der Waals surface area (Å²) in [6.07, 6.45) is 45.9. The molecule has 1 rings (SSSR count). The molecule has 0 aromatic heterocycles. The maximum absolute atomic E-state index is 11.6. The summed E-state index contributed by atoms with van der Waals surface area (Å²) in [6.45, 7) is 4.22. The van der Waals surface area contributed by atoms with E-state index >= 15 is 0 Å². The summed E-state index contributed by atoms with van der Waals surface area (Å²) in [7, 11) is 0. The van der Waals surface area contributed by atoms with Crippen LogP contribution in [0.4, 0.5) is 0 Å². The highest BCUT2D eigenvalue weighted by Gasteiger charge is 2.21. The number of cyclic esters (lactones) is 1. The molecule has 0 bridgehead atoms. The van der Waals surface area contributed by atoms with Crippen LogP contribution >= 0.6 is 0 Å². The highest BCUT2D eigenvalue weighted by molar-refractivity contribution is 5.90. The van der Waals surface area contributed by atoms with Gasteiger partial charge in [-0.1, -0.05) is 127 Å². The summed E-state index contributed by atoms with van der Waals surface area (Å²) in [5.41, 5.74) is 0.892. The largest absolute Gasteiger partial charge is 0.455 e. The third kappa shape index (κ3) is 22.2. The Balaban J connectivity index is 1.75. The van der Waals surface area contributed by atoms with Crippen molar-refractivity contribution in [3.8, 4) is 0 Å². The van der Waals surface area contributed by atoms with Crippen LogP contribution in [0.15, 0.2) is 48.1 Å². The fourth-order valence-electron chi connectivity index (χ4n) is 4.94. The molecule has 1 atom stereocenters. The number of ether oxygens (including phenoxy) is 1. The molecule has 0 unspecified atom stereocenters. The van der Waals surface area contributed by atoms with Gasteiger partial charge in [-0.15, -0.1) is 0 Å². The van der Waals surface area contributed by atoms with Crippen molar-refractivity contribution >= 4 is 5.97 Å². The van der Waals surface area contributed by atoms with Gasteiger partial charge in [0.25, 0.3) is 0 Å². The van der Waals surface area contributed by atoms with Crippen molar-refractivity contribution in [2.45, 2.75) is 168 Å². The molecule has 0 aromatic carbocycles. The Morgan fingerprint density at radius 2 is 0.946 bits per heavy atom. The average molecular weight is 513 g/mol. The molecule has 37 heavy (non-hydrogen) atoms. The second-order valence-corrected chi connectivity index (χ2v) is 11.0. The Bertz CT molecular complexity index is 640. The summed E-state index contributed by atoms with van der Waals surface area (Å²) in [4.78, 5) is 11.6. The van der Waals surface area contributed by atoms with E-state index in [0.29, 0.717) is 0 Å². The lowest BCUT2D eigenvalue weighted by atomic mass is 10.0. The van der Waals surface area contributed by atoms with Crippen LogP contribution in [0.5, 0.6) is 0 Å². The summed E-state index contributed by atoms with van der Waals surface area (Å²) in [5, 5.41) is 0. The van der Waals surface area contributed by atoms with Gasteiger partial charge < -0.3 is 4.74 Å². The molecule has 0 radical (unpaired) electrons. The van der Waals surface area contributed by atoms with Crippen molar-refractivity contribution in [3.63, 3.8) is 0 Å². The number of carbonyl (C=O) groups excluding carboxylic acids is 1. The highest BCUT2D eigenvalue weighted by Crippen LogP contribution is 2.20. The molecular weight excluding hydrogens is 452 g/mol. The van der Waals surface area contributed by atoms with Crippen LogP contribution in [0.3, 0.4) is 0 Å². The van der Waals surface area contributed by atoms with Gasteiger partial charge in [-0.05, 0) is 77.2 Å². The maximum Gasteiger partial charge on any atom is 0.334 e. The second kappa shape index (κ2) is 26.1. The van der Waals surface area contributed by atoms with E-state index in [1.54, 1.807) is 0 Å². The molecule has 1 aliphatic rings. The number of unbranched alkanes of at least 4 members (excludes halogenated alkanes) is 18. The van der Waals surface area contributed by atoms with E-state index in [4.69, 9.17) is 4.74 Å². The van der Waals surface area contributed by atoms with Gasteiger partial charge >= 0.3 is 5.97 Å². The fourth-order valence-corrected chi connectivity index (χ4v) is 4.94. The molecule has 0 aromatic rings. The first-order valence-corrected chi connectivity index (χ1v) is 16.1. The molecule has 212 valence electrons. The monoisotopic (exact) mass is 512 g/mol. The number of hydrogen-bond donors (Lipinski definition) is 0. The molecule has 2 nitrogen and oxygen atoms in total. The van der Waals surface area contributed by atoms with E-state index in [0.717, 1.165) is 18.4 Å². The Labute approximate surface area is 231 Å². The zero-order valence-electron chi connectivity index (χ0n) is 24.7. The van der Waals surface area contributed by atoms with Gasteiger partial charge in [-0.25, -0.2) is 4.79 Å². The first-order chi connectivity index (χ1) is 18.2. The minimum absolute atomic E-state index is 0.0224. The summed E-state index contributed by atoms with van der Waals surface area (Å²) in [6, 6.07) is 0. The Morgan fingerprint density at radius 3 is 1.35 bits per heavy atom. The molecule has 0 amide bonds. The number of esters is 1. The topological polar surface area (TPSA) is 26.3 Å². The standard InChI is InChI=1S/C35H60O2/c1-3-4-5-6-7-8-9-10-11-12-13-14-15-16-17-18-19-20-21-22-23-24-25-26-27-28-29-30-31-34-32-33(2)37-35(34)36/h12-13,16-17,20-21,32-33H,3-11,14-15,18-19,22-31H2,1-2H3/b13-12-,17-16-,21-20-/t33-/m0/s1. The molecule has 0 N–H and O–H groups in total. The van der Waals surface area contributed by atoms with Crippen molar-refractivity contribution in [1.82, 2.24) is 0 Å². The van der Waals surface area contributed by atoms with E-state index < -0.39 is 0 Å².